The fraction of sp³-hybridized carbons (Fsp3) is 0.333. The second kappa shape index (κ2) is 9.66. The van der Waals surface area contributed by atoms with Gasteiger partial charge in [-0.25, -0.2) is 12.7 Å². The molecule has 0 fully saturated rings. The summed E-state index contributed by atoms with van der Waals surface area (Å²) in [4.78, 5) is 25.3. The van der Waals surface area contributed by atoms with Gasteiger partial charge < -0.3 is 14.8 Å². The average Bonchev–Trinajstić information content (AvgIpc) is 2.96. The summed E-state index contributed by atoms with van der Waals surface area (Å²) < 4.78 is 37.4. The van der Waals surface area contributed by atoms with Crippen molar-refractivity contribution in [3.8, 4) is 11.5 Å². The molecule has 9 heteroatoms. The van der Waals surface area contributed by atoms with Crippen molar-refractivity contribution in [2.75, 3.05) is 20.8 Å². The Morgan fingerprint density at radius 2 is 1.73 bits per heavy atom. The van der Waals surface area contributed by atoms with E-state index in [4.69, 9.17) is 9.47 Å². The van der Waals surface area contributed by atoms with Gasteiger partial charge in [-0.05, 0) is 42.2 Å². The molecule has 33 heavy (non-hydrogen) atoms. The molecule has 0 radical (unpaired) electrons. The minimum absolute atomic E-state index is 0.0647. The summed E-state index contributed by atoms with van der Waals surface area (Å²) in [5, 5.41) is 2.65. The minimum atomic E-state index is -4.16. The first-order valence-electron chi connectivity index (χ1n) is 10.5. The second-order valence-electron chi connectivity index (χ2n) is 8.00. The van der Waals surface area contributed by atoms with Gasteiger partial charge in [-0.3, -0.25) is 9.59 Å². The van der Waals surface area contributed by atoms with Crippen molar-refractivity contribution in [1.82, 2.24) is 9.62 Å². The summed E-state index contributed by atoms with van der Waals surface area (Å²) in [6, 6.07) is 12.2. The number of ether oxygens (including phenoxy) is 2. The number of benzene rings is 2. The van der Waals surface area contributed by atoms with Crippen molar-refractivity contribution in [2.24, 2.45) is 0 Å². The molecule has 3 rings (SSSR count). The lowest BCUT2D eigenvalue weighted by Crippen LogP contribution is -2.40. The van der Waals surface area contributed by atoms with E-state index in [-0.39, 0.29) is 17.0 Å². The van der Waals surface area contributed by atoms with Crippen LogP contribution in [0.5, 0.6) is 11.5 Å². The molecule has 0 aromatic heterocycles. The van der Waals surface area contributed by atoms with Crippen molar-refractivity contribution in [3.63, 3.8) is 0 Å². The van der Waals surface area contributed by atoms with E-state index in [1.165, 1.54) is 21.1 Å². The number of rotatable bonds is 8. The normalized spacial score (nSPS) is 15.2. The number of carbonyl (C=O) groups excluding carboxylic acids is 2. The molecule has 0 bridgehead atoms. The van der Waals surface area contributed by atoms with Crippen LogP contribution < -0.4 is 14.8 Å². The smallest absolute Gasteiger partial charge is 0.268 e. The Balaban J connectivity index is 1.76. The zero-order chi connectivity index (χ0) is 24.3. The topological polar surface area (TPSA) is 102 Å². The molecule has 2 aromatic rings. The van der Waals surface area contributed by atoms with E-state index in [9.17, 15) is 18.0 Å². The SMILES string of the molecule is COc1ccc(OC)c(CNC(=O)CN2C(=O)C(C)=C(c3ccc(C(C)C)cc3)S2(=O)=O)c1. The quantitative estimate of drug-likeness (QED) is 0.634. The van der Waals surface area contributed by atoms with Crippen molar-refractivity contribution >= 4 is 26.7 Å². The average molecular weight is 473 g/mol. The highest BCUT2D eigenvalue weighted by atomic mass is 32.2. The van der Waals surface area contributed by atoms with Crippen molar-refractivity contribution in [1.29, 1.82) is 0 Å². The number of carbonyl (C=O) groups is 2. The first-order valence-corrected chi connectivity index (χ1v) is 11.9. The van der Waals surface area contributed by atoms with Gasteiger partial charge in [0.2, 0.25) is 5.91 Å². The zero-order valence-electron chi connectivity index (χ0n) is 19.3. The minimum Gasteiger partial charge on any atom is -0.497 e. The molecule has 2 aromatic carbocycles. The van der Waals surface area contributed by atoms with Gasteiger partial charge in [0.15, 0.2) is 0 Å². The lowest BCUT2D eigenvalue weighted by atomic mass is 10.0. The molecule has 176 valence electrons. The Morgan fingerprint density at radius 3 is 2.30 bits per heavy atom. The largest absolute Gasteiger partial charge is 0.497 e. The van der Waals surface area contributed by atoms with Gasteiger partial charge in [0.25, 0.3) is 15.9 Å². The van der Waals surface area contributed by atoms with Crippen LogP contribution in [0.25, 0.3) is 4.91 Å². The van der Waals surface area contributed by atoms with Crippen molar-refractivity contribution in [2.45, 2.75) is 33.2 Å². The summed E-state index contributed by atoms with van der Waals surface area (Å²) in [5.41, 5.74) is 2.23. The third kappa shape index (κ3) is 4.88. The van der Waals surface area contributed by atoms with Gasteiger partial charge in [-0.15, -0.1) is 0 Å². The van der Waals surface area contributed by atoms with Crippen LogP contribution in [0.15, 0.2) is 48.0 Å². The van der Waals surface area contributed by atoms with E-state index >= 15 is 0 Å². The second-order valence-corrected chi connectivity index (χ2v) is 9.80. The summed E-state index contributed by atoms with van der Waals surface area (Å²) in [6.45, 7) is 5.01. The zero-order valence-corrected chi connectivity index (χ0v) is 20.2. The lowest BCUT2D eigenvalue weighted by Gasteiger charge is -2.17. The number of hydrogen-bond donors (Lipinski definition) is 1. The number of amides is 2. The Bertz CT molecular complexity index is 1200. The van der Waals surface area contributed by atoms with Crippen molar-refractivity contribution in [3.05, 3.63) is 64.7 Å². The summed E-state index contributed by atoms with van der Waals surface area (Å²) >= 11 is 0. The van der Waals surface area contributed by atoms with E-state index in [0.717, 1.165) is 5.56 Å². The molecule has 0 saturated carbocycles. The molecule has 1 N–H and O–H groups in total. The van der Waals surface area contributed by atoms with E-state index in [1.807, 2.05) is 26.0 Å². The van der Waals surface area contributed by atoms with Crippen LogP contribution in [0.3, 0.4) is 0 Å². The Morgan fingerprint density at radius 1 is 1.06 bits per heavy atom. The number of nitrogens with one attached hydrogen (secondary N) is 1. The van der Waals surface area contributed by atoms with Gasteiger partial charge in [-0.2, -0.15) is 0 Å². The molecule has 1 aliphatic heterocycles. The Hall–Kier alpha value is -3.33. The number of nitrogens with zero attached hydrogens (tertiary/aromatic N) is 1. The molecule has 0 atom stereocenters. The van der Waals surface area contributed by atoms with Crippen LogP contribution in [-0.4, -0.2) is 45.3 Å². The van der Waals surface area contributed by atoms with E-state index < -0.39 is 28.4 Å². The maximum Gasteiger partial charge on any atom is 0.268 e. The van der Waals surface area contributed by atoms with E-state index in [1.54, 1.807) is 30.3 Å². The molecule has 1 aliphatic rings. The highest BCUT2D eigenvalue weighted by Gasteiger charge is 2.43. The van der Waals surface area contributed by atoms with Gasteiger partial charge in [-0.1, -0.05) is 38.1 Å². The maximum atomic E-state index is 13.2. The summed E-state index contributed by atoms with van der Waals surface area (Å²) in [6.07, 6.45) is 0. The third-order valence-corrected chi connectivity index (χ3v) is 7.46. The van der Waals surface area contributed by atoms with Crippen LogP contribution in [0.2, 0.25) is 0 Å². The highest BCUT2D eigenvalue weighted by Crippen LogP contribution is 2.35. The monoisotopic (exact) mass is 472 g/mol. The standard InChI is InChI=1S/C24H28N2O6S/c1-15(2)17-6-8-18(9-7-17)23-16(3)24(28)26(33(23,29)30)14-22(27)25-13-19-12-20(31-4)10-11-21(19)32-5/h6-12,15H,13-14H2,1-5H3,(H,25,27). The fourth-order valence-corrected chi connectivity index (χ4v) is 5.41. The molecule has 0 saturated heterocycles. The van der Waals surface area contributed by atoms with Gasteiger partial charge in [0.1, 0.15) is 22.9 Å². The van der Waals surface area contributed by atoms with Crippen LogP contribution in [0, 0.1) is 0 Å². The molecular weight excluding hydrogens is 444 g/mol. The molecule has 8 nitrogen and oxygen atoms in total. The van der Waals surface area contributed by atoms with E-state index in [0.29, 0.717) is 32.8 Å². The molecular formula is C24H28N2O6S. The van der Waals surface area contributed by atoms with Crippen LogP contribution in [0.4, 0.5) is 0 Å². The van der Waals surface area contributed by atoms with Crippen LogP contribution in [-0.2, 0) is 26.2 Å². The van der Waals surface area contributed by atoms with E-state index in [2.05, 4.69) is 5.32 Å². The predicted molar refractivity (Wildman–Crippen MR) is 125 cm³/mol. The fourth-order valence-electron chi connectivity index (χ4n) is 3.64. The Kier molecular flexibility index (Phi) is 7.12. The lowest BCUT2D eigenvalue weighted by molar-refractivity contribution is -0.128. The predicted octanol–water partition coefficient (Wildman–Crippen LogP) is 3.05. The van der Waals surface area contributed by atoms with Gasteiger partial charge in [0.05, 0.1) is 14.2 Å². The first kappa shape index (κ1) is 24.3. The van der Waals surface area contributed by atoms with Crippen molar-refractivity contribution < 1.29 is 27.5 Å². The molecule has 1 heterocycles. The highest BCUT2D eigenvalue weighted by molar-refractivity contribution is 7.99. The molecule has 0 unspecified atom stereocenters. The number of sulfonamides is 1. The molecule has 0 spiro atoms. The third-order valence-electron chi connectivity index (χ3n) is 5.53. The van der Waals surface area contributed by atoms with Crippen LogP contribution >= 0.6 is 0 Å². The maximum absolute atomic E-state index is 13.2. The van der Waals surface area contributed by atoms with Crippen LogP contribution in [0.1, 0.15) is 43.4 Å². The summed E-state index contributed by atoms with van der Waals surface area (Å²) in [5.74, 6) is 0.114. The molecule has 2 amide bonds. The Labute approximate surface area is 194 Å². The first-order chi connectivity index (χ1) is 15.6. The number of methoxy groups -OCH3 is 2. The number of hydrogen-bond acceptors (Lipinski definition) is 6. The molecule has 0 aliphatic carbocycles. The van der Waals surface area contributed by atoms with Gasteiger partial charge in [0, 0.05) is 17.7 Å². The van der Waals surface area contributed by atoms with Gasteiger partial charge >= 0.3 is 0 Å². The summed E-state index contributed by atoms with van der Waals surface area (Å²) in [7, 11) is -1.12.